The van der Waals surface area contributed by atoms with E-state index in [0.29, 0.717) is 0 Å². The van der Waals surface area contributed by atoms with Gasteiger partial charge < -0.3 is 4.90 Å². The van der Waals surface area contributed by atoms with Crippen molar-refractivity contribution in [3.8, 4) is 33.4 Å². The highest BCUT2D eigenvalue weighted by Crippen LogP contribution is 2.51. The van der Waals surface area contributed by atoms with E-state index in [1.165, 1.54) is 66.1 Å². The summed E-state index contributed by atoms with van der Waals surface area (Å²) in [6, 6.07) is 64.4. The molecule has 0 atom stereocenters. The van der Waals surface area contributed by atoms with E-state index in [-0.39, 0.29) is 5.41 Å². The molecule has 228 valence electrons. The molecule has 1 heteroatoms. The van der Waals surface area contributed by atoms with Gasteiger partial charge in [0.25, 0.3) is 0 Å². The van der Waals surface area contributed by atoms with Crippen LogP contribution >= 0.6 is 0 Å². The molecule has 8 aromatic carbocycles. The lowest BCUT2D eigenvalue weighted by Gasteiger charge is -2.29. The van der Waals surface area contributed by atoms with Gasteiger partial charge in [0.2, 0.25) is 0 Å². The Morgan fingerprint density at radius 3 is 1.73 bits per heavy atom. The summed E-state index contributed by atoms with van der Waals surface area (Å²) in [5.74, 6) is 0. The summed E-state index contributed by atoms with van der Waals surface area (Å²) in [7, 11) is 0. The first-order chi connectivity index (χ1) is 23.6. The molecule has 0 spiro atoms. The Kier molecular flexibility index (Phi) is 6.55. The molecule has 0 saturated heterocycles. The third-order valence-corrected chi connectivity index (χ3v) is 10.2. The normalized spacial score (nSPS) is 13.0. The number of rotatable bonds is 5. The fraction of sp³-hybridized carbons (Fsp3) is 0.0638. The summed E-state index contributed by atoms with van der Waals surface area (Å²) in [6.07, 6.45) is 0. The van der Waals surface area contributed by atoms with Crippen molar-refractivity contribution in [2.75, 3.05) is 4.90 Å². The Balaban J connectivity index is 1.26. The minimum absolute atomic E-state index is 0.0883. The summed E-state index contributed by atoms with van der Waals surface area (Å²) in [4.78, 5) is 2.43. The Hall–Kier alpha value is -5.92. The molecule has 1 aliphatic carbocycles. The van der Waals surface area contributed by atoms with Gasteiger partial charge >= 0.3 is 0 Å². The Morgan fingerprint density at radius 2 is 0.938 bits per heavy atom. The number of nitrogens with zero attached hydrogens (tertiary/aromatic N) is 1. The SMILES string of the molecule is CC1(C)c2ccccc2-c2ccc(N(c3ccc(-c4ccccc4)cc3)c3ccc4c(-c5ccccc5)cc5ccccc5c4c3)cc21. The molecule has 1 aliphatic rings. The Bertz CT molecular complexity index is 2460. The molecule has 48 heavy (non-hydrogen) atoms. The van der Waals surface area contributed by atoms with Gasteiger partial charge in [-0.05, 0) is 109 Å². The van der Waals surface area contributed by atoms with E-state index in [0.717, 1.165) is 17.1 Å². The lowest BCUT2D eigenvalue weighted by Crippen LogP contribution is -2.16. The molecule has 0 bridgehead atoms. The zero-order valence-corrected chi connectivity index (χ0v) is 27.2. The van der Waals surface area contributed by atoms with Crippen LogP contribution in [0.25, 0.3) is 54.9 Å². The zero-order chi connectivity index (χ0) is 32.2. The van der Waals surface area contributed by atoms with E-state index < -0.39 is 0 Å². The molecular weight excluding hydrogens is 579 g/mol. The van der Waals surface area contributed by atoms with Gasteiger partial charge in [-0.25, -0.2) is 0 Å². The first-order valence-corrected chi connectivity index (χ1v) is 16.8. The molecule has 0 aliphatic heterocycles. The van der Waals surface area contributed by atoms with Crippen LogP contribution in [0.2, 0.25) is 0 Å². The van der Waals surface area contributed by atoms with E-state index in [1.807, 2.05) is 0 Å². The second kappa shape index (κ2) is 11.1. The number of benzene rings is 8. The van der Waals surface area contributed by atoms with Crippen LogP contribution in [0.1, 0.15) is 25.0 Å². The highest BCUT2D eigenvalue weighted by atomic mass is 15.1. The number of fused-ring (bicyclic) bond motifs is 6. The maximum absolute atomic E-state index is 2.43. The summed E-state index contributed by atoms with van der Waals surface area (Å²) >= 11 is 0. The molecule has 0 N–H and O–H groups in total. The second-order valence-corrected chi connectivity index (χ2v) is 13.4. The van der Waals surface area contributed by atoms with E-state index in [2.05, 4.69) is 195 Å². The fourth-order valence-corrected chi connectivity index (χ4v) is 7.80. The maximum atomic E-state index is 2.43. The minimum Gasteiger partial charge on any atom is -0.310 e. The molecule has 0 heterocycles. The van der Waals surface area contributed by atoms with Gasteiger partial charge in [0, 0.05) is 22.5 Å². The molecule has 8 aromatic rings. The van der Waals surface area contributed by atoms with Gasteiger partial charge in [-0.1, -0.05) is 147 Å². The van der Waals surface area contributed by atoms with Crippen molar-refractivity contribution < 1.29 is 0 Å². The van der Waals surface area contributed by atoms with Gasteiger partial charge in [0.15, 0.2) is 0 Å². The number of anilines is 3. The standard InChI is InChI=1S/C47H35N/c1-47(2)45-20-12-11-19-41(45)42-28-26-38(31-46(42)47)48(36-23-21-33(22-24-36)32-13-5-3-6-14-32)37-25-27-40-43(34-15-7-4-8-16-34)29-35-17-9-10-18-39(35)44(40)30-37/h3-31H,1-2H3. The van der Waals surface area contributed by atoms with E-state index >= 15 is 0 Å². The maximum Gasteiger partial charge on any atom is 0.0468 e. The van der Waals surface area contributed by atoms with Gasteiger partial charge in [-0.3, -0.25) is 0 Å². The molecule has 0 amide bonds. The summed E-state index contributed by atoms with van der Waals surface area (Å²) < 4.78 is 0. The first kappa shape index (κ1) is 28.3. The van der Waals surface area contributed by atoms with Crippen molar-refractivity contribution in [2.24, 2.45) is 0 Å². The van der Waals surface area contributed by atoms with Crippen molar-refractivity contribution >= 4 is 38.6 Å². The predicted octanol–water partition coefficient (Wildman–Crippen LogP) is 13.1. The third-order valence-electron chi connectivity index (χ3n) is 10.2. The van der Waals surface area contributed by atoms with Crippen molar-refractivity contribution in [1.82, 2.24) is 0 Å². The highest BCUT2D eigenvalue weighted by Gasteiger charge is 2.35. The van der Waals surface area contributed by atoms with Crippen molar-refractivity contribution in [3.05, 3.63) is 187 Å². The Labute approximate surface area is 282 Å². The van der Waals surface area contributed by atoms with Crippen LogP contribution in [0, 0.1) is 0 Å². The van der Waals surface area contributed by atoms with Crippen LogP contribution in [0.3, 0.4) is 0 Å². The van der Waals surface area contributed by atoms with Crippen LogP contribution in [0.5, 0.6) is 0 Å². The number of hydrogen-bond acceptors (Lipinski definition) is 1. The van der Waals surface area contributed by atoms with Crippen LogP contribution in [0.15, 0.2) is 176 Å². The van der Waals surface area contributed by atoms with E-state index in [4.69, 9.17) is 0 Å². The quantitative estimate of drug-likeness (QED) is 0.175. The zero-order valence-electron chi connectivity index (χ0n) is 27.2. The second-order valence-electron chi connectivity index (χ2n) is 13.4. The van der Waals surface area contributed by atoms with Crippen LogP contribution in [-0.2, 0) is 5.41 Å². The van der Waals surface area contributed by atoms with E-state index in [1.54, 1.807) is 0 Å². The molecule has 0 unspecified atom stereocenters. The van der Waals surface area contributed by atoms with Crippen molar-refractivity contribution in [1.29, 1.82) is 0 Å². The molecule has 0 saturated carbocycles. The highest BCUT2D eigenvalue weighted by molar-refractivity contribution is 6.15. The van der Waals surface area contributed by atoms with Crippen molar-refractivity contribution in [2.45, 2.75) is 19.3 Å². The molecule has 1 nitrogen and oxygen atoms in total. The van der Waals surface area contributed by atoms with Crippen molar-refractivity contribution in [3.63, 3.8) is 0 Å². The van der Waals surface area contributed by atoms with Crippen LogP contribution in [0.4, 0.5) is 17.1 Å². The lowest BCUT2D eigenvalue weighted by atomic mass is 9.82. The predicted molar refractivity (Wildman–Crippen MR) is 205 cm³/mol. The topological polar surface area (TPSA) is 3.24 Å². The molecule has 9 rings (SSSR count). The molecular formula is C47H35N. The molecule has 0 aromatic heterocycles. The number of hydrogen-bond donors (Lipinski definition) is 0. The first-order valence-electron chi connectivity index (χ1n) is 16.8. The van der Waals surface area contributed by atoms with E-state index in [9.17, 15) is 0 Å². The minimum atomic E-state index is -0.0883. The van der Waals surface area contributed by atoms with Gasteiger partial charge in [-0.2, -0.15) is 0 Å². The van der Waals surface area contributed by atoms with Gasteiger partial charge in [0.1, 0.15) is 0 Å². The summed E-state index contributed by atoms with van der Waals surface area (Å²) in [5, 5.41) is 5.02. The lowest BCUT2D eigenvalue weighted by molar-refractivity contribution is 0.660. The molecule has 0 fully saturated rings. The fourth-order valence-electron chi connectivity index (χ4n) is 7.80. The van der Waals surface area contributed by atoms with Crippen LogP contribution in [-0.4, -0.2) is 0 Å². The monoisotopic (exact) mass is 613 g/mol. The average molecular weight is 614 g/mol. The van der Waals surface area contributed by atoms with Crippen LogP contribution < -0.4 is 4.90 Å². The Morgan fingerprint density at radius 1 is 0.354 bits per heavy atom. The summed E-state index contributed by atoms with van der Waals surface area (Å²) in [6.45, 7) is 4.71. The van der Waals surface area contributed by atoms with Gasteiger partial charge in [-0.15, -0.1) is 0 Å². The van der Waals surface area contributed by atoms with Gasteiger partial charge in [0.05, 0.1) is 0 Å². The third kappa shape index (κ3) is 4.54. The average Bonchev–Trinajstić information content (AvgIpc) is 3.38. The molecule has 0 radical (unpaired) electrons. The summed E-state index contributed by atoms with van der Waals surface area (Å²) in [5.41, 5.74) is 13.7. The smallest absolute Gasteiger partial charge is 0.0468 e. The largest absolute Gasteiger partial charge is 0.310 e.